The minimum atomic E-state index is 0.434. The van der Waals surface area contributed by atoms with Crippen molar-refractivity contribution >= 4 is 11.5 Å². The molecule has 3 aromatic rings. The van der Waals surface area contributed by atoms with Crippen LogP contribution < -0.4 is 15.4 Å². The number of nitrogens with zero attached hydrogens (tertiary/aromatic N) is 4. The Morgan fingerprint density at radius 3 is 2.92 bits per heavy atom. The molecule has 1 aliphatic rings. The van der Waals surface area contributed by atoms with Crippen molar-refractivity contribution in [2.45, 2.75) is 26.3 Å². The van der Waals surface area contributed by atoms with Gasteiger partial charge in [0.1, 0.15) is 5.82 Å². The summed E-state index contributed by atoms with van der Waals surface area (Å²) in [5, 5.41) is 11.2. The minimum Gasteiger partial charge on any atom is -0.494 e. The SMILES string of the molecule is CC.COc1cnc2c(-c3cccc(NC4CCNC4)n3)cnn2c1. The third-order valence-electron chi connectivity index (χ3n) is 4.01. The molecule has 0 spiro atoms. The summed E-state index contributed by atoms with van der Waals surface area (Å²) in [6.07, 6.45) is 6.39. The molecule has 2 N–H and O–H groups in total. The Morgan fingerprint density at radius 2 is 2.16 bits per heavy atom. The Balaban J connectivity index is 0.000000880. The van der Waals surface area contributed by atoms with Gasteiger partial charge in [-0.15, -0.1) is 0 Å². The summed E-state index contributed by atoms with van der Waals surface area (Å²) < 4.78 is 6.88. The number of aromatic nitrogens is 4. The average Bonchev–Trinajstić information content (AvgIpc) is 3.32. The van der Waals surface area contributed by atoms with Gasteiger partial charge in [-0.05, 0) is 25.1 Å². The summed E-state index contributed by atoms with van der Waals surface area (Å²) in [5.74, 6) is 1.55. The Hall–Kier alpha value is -2.67. The molecule has 3 aromatic heterocycles. The Bertz CT molecular complexity index is 825. The number of hydrogen-bond acceptors (Lipinski definition) is 6. The van der Waals surface area contributed by atoms with Gasteiger partial charge in [0, 0.05) is 12.6 Å². The largest absolute Gasteiger partial charge is 0.494 e. The lowest BCUT2D eigenvalue weighted by Crippen LogP contribution is -2.22. The highest BCUT2D eigenvalue weighted by atomic mass is 16.5. The molecule has 0 bridgehead atoms. The molecule has 132 valence electrons. The van der Waals surface area contributed by atoms with Crippen LogP contribution in [-0.2, 0) is 0 Å². The van der Waals surface area contributed by atoms with Crippen LogP contribution in [0.3, 0.4) is 0 Å². The van der Waals surface area contributed by atoms with Gasteiger partial charge in [-0.25, -0.2) is 14.5 Å². The van der Waals surface area contributed by atoms with Crippen LogP contribution in [0.1, 0.15) is 20.3 Å². The molecule has 7 nitrogen and oxygen atoms in total. The molecule has 1 unspecified atom stereocenters. The van der Waals surface area contributed by atoms with Gasteiger partial charge < -0.3 is 15.4 Å². The number of ether oxygens (including phenoxy) is 1. The zero-order chi connectivity index (χ0) is 17.6. The van der Waals surface area contributed by atoms with E-state index in [1.807, 2.05) is 32.0 Å². The number of pyridine rings is 1. The first-order valence-corrected chi connectivity index (χ1v) is 8.65. The number of rotatable bonds is 4. The van der Waals surface area contributed by atoms with Gasteiger partial charge >= 0.3 is 0 Å². The summed E-state index contributed by atoms with van der Waals surface area (Å²) in [6.45, 7) is 6.03. The van der Waals surface area contributed by atoms with Crippen molar-refractivity contribution in [2.75, 3.05) is 25.5 Å². The molecule has 0 aliphatic carbocycles. The smallest absolute Gasteiger partial charge is 0.164 e. The van der Waals surface area contributed by atoms with E-state index in [4.69, 9.17) is 9.72 Å². The summed E-state index contributed by atoms with van der Waals surface area (Å²) >= 11 is 0. The number of methoxy groups -OCH3 is 1. The lowest BCUT2D eigenvalue weighted by molar-refractivity contribution is 0.409. The van der Waals surface area contributed by atoms with Crippen LogP contribution in [0.2, 0.25) is 0 Å². The fourth-order valence-corrected chi connectivity index (χ4v) is 2.80. The molecule has 1 atom stereocenters. The lowest BCUT2D eigenvalue weighted by Gasteiger charge is -2.12. The summed E-state index contributed by atoms with van der Waals surface area (Å²) in [4.78, 5) is 9.13. The molecule has 1 saturated heterocycles. The van der Waals surface area contributed by atoms with E-state index >= 15 is 0 Å². The Labute approximate surface area is 147 Å². The second-order valence-corrected chi connectivity index (χ2v) is 5.56. The quantitative estimate of drug-likeness (QED) is 0.760. The number of anilines is 1. The maximum Gasteiger partial charge on any atom is 0.164 e. The van der Waals surface area contributed by atoms with Gasteiger partial charge in [0.15, 0.2) is 11.4 Å². The van der Waals surface area contributed by atoms with E-state index in [9.17, 15) is 0 Å². The highest BCUT2D eigenvalue weighted by Gasteiger charge is 2.15. The van der Waals surface area contributed by atoms with Crippen LogP contribution in [-0.4, -0.2) is 45.8 Å². The topological polar surface area (TPSA) is 76.4 Å². The zero-order valence-corrected chi connectivity index (χ0v) is 14.9. The summed E-state index contributed by atoms with van der Waals surface area (Å²) in [7, 11) is 1.61. The van der Waals surface area contributed by atoms with Crippen LogP contribution in [0.4, 0.5) is 5.82 Å². The van der Waals surface area contributed by atoms with Crippen molar-refractivity contribution in [3.8, 4) is 17.0 Å². The Kier molecular flexibility index (Phi) is 5.45. The normalized spacial score (nSPS) is 16.4. The maximum absolute atomic E-state index is 5.18. The summed E-state index contributed by atoms with van der Waals surface area (Å²) in [6, 6.07) is 6.40. The molecular formula is C18H24N6O. The van der Waals surface area contributed by atoms with Crippen molar-refractivity contribution in [3.05, 3.63) is 36.8 Å². The first-order chi connectivity index (χ1) is 12.3. The third-order valence-corrected chi connectivity index (χ3v) is 4.01. The monoisotopic (exact) mass is 340 g/mol. The highest BCUT2D eigenvalue weighted by Crippen LogP contribution is 2.24. The van der Waals surface area contributed by atoms with Gasteiger partial charge in [-0.3, -0.25) is 0 Å². The lowest BCUT2D eigenvalue weighted by atomic mass is 10.2. The van der Waals surface area contributed by atoms with Crippen molar-refractivity contribution in [3.63, 3.8) is 0 Å². The van der Waals surface area contributed by atoms with Crippen molar-refractivity contribution in [1.82, 2.24) is 24.9 Å². The van der Waals surface area contributed by atoms with E-state index < -0.39 is 0 Å². The second-order valence-electron chi connectivity index (χ2n) is 5.56. The first-order valence-electron chi connectivity index (χ1n) is 8.65. The molecule has 1 aliphatic heterocycles. The van der Waals surface area contributed by atoms with Crippen LogP contribution in [0.15, 0.2) is 36.8 Å². The van der Waals surface area contributed by atoms with Gasteiger partial charge in [0.25, 0.3) is 0 Å². The average molecular weight is 340 g/mol. The molecule has 0 saturated carbocycles. The minimum absolute atomic E-state index is 0.434. The number of nitrogens with one attached hydrogen (secondary N) is 2. The van der Waals surface area contributed by atoms with Crippen molar-refractivity contribution < 1.29 is 4.74 Å². The van der Waals surface area contributed by atoms with Crippen LogP contribution in [0, 0.1) is 0 Å². The first kappa shape index (κ1) is 17.2. The van der Waals surface area contributed by atoms with Crippen LogP contribution >= 0.6 is 0 Å². The molecule has 4 rings (SSSR count). The third kappa shape index (κ3) is 3.71. The standard InChI is InChI=1S/C16H18N6O.C2H6/c1-23-12-8-18-16-13(9-19-22(16)10-12)14-3-2-4-15(21-14)20-11-5-6-17-7-11;1-2/h2-4,8-11,17H,5-7H2,1H3,(H,20,21);1-2H3. The fourth-order valence-electron chi connectivity index (χ4n) is 2.80. The zero-order valence-electron chi connectivity index (χ0n) is 14.9. The summed E-state index contributed by atoms with van der Waals surface area (Å²) in [5.41, 5.74) is 2.52. The van der Waals surface area contributed by atoms with E-state index in [0.717, 1.165) is 42.2 Å². The predicted molar refractivity (Wildman–Crippen MR) is 99.0 cm³/mol. The predicted octanol–water partition coefficient (Wildman–Crippen LogP) is 2.60. The van der Waals surface area contributed by atoms with Crippen LogP contribution in [0.5, 0.6) is 5.75 Å². The van der Waals surface area contributed by atoms with Gasteiger partial charge in [0.2, 0.25) is 0 Å². The van der Waals surface area contributed by atoms with Gasteiger partial charge in [0.05, 0.1) is 37.0 Å². The molecule has 0 radical (unpaired) electrons. The van der Waals surface area contributed by atoms with E-state index in [2.05, 4.69) is 20.7 Å². The molecule has 1 fully saturated rings. The van der Waals surface area contributed by atoms with Gasteiger partial charge in [-0.2, -0.15) is 5.10 Å². The number of fused-ring (bicyclic) bond motifs is 1. The number of hydrogen-bond donors (Lipinski definition) is 2. The van der Waals surface area contributed by atoms with Crippen molar-refractivity contribution in [1.29, 1.82) is 0 Å². The highest BCUT2D eigenvalue weighted by molar-refractivity contribution is 5.75. The molecule has 4 heterocycles. The fraction of sp³-hybridized carbons (Fsp3) is 0.389. The molecule has 7 heteroatoms. The molecule has 0 aromatic carbocycles. The van der Waals surface area contributed by atoms with Gasteiger partial charge in [-0.1, -0.05) is 19.9 Å². The molecule has 0 amide bonds. The van der Waals surface area contributed by atoms with E-state index in [1.54, 1.807) is 30.2 Å². The maximum atomic E-state index is 5.18. The van der Waals surface area contributed by atoms with E-state index in [1.165, 1.54) is 0 Å². The second kappa shape index (κ2) is 7.94. The van der Waals surface area contributed by atoms with E-state index in [-0.39, 0.29) is 0 Å². The molecule has 25 heavy (non-hydrogen) atoms. The van der Waals surface area contributed by atoms with Crippen molar-refractivity contribution in [2.24, 2.45) is 0 Å². The van der Waals surface area contributed by atoms with E-state index in [0.29, 0.717) is 11.8 Å². The molecular weight excluding hydrogens is 316 g/mol. The Morgan fingerprint density at radius 1 is 1.28 bits per heavy atom. The van der Waals surface area contributed by atoms with Crippen LogP contribution in [0.25, 0.3) is 16.9 Å².